The fourth-order valence-electron chi connectivity index (χ4n) is 2.35. The van der Waals surface area contributed by atoms with Crippen LogP contribution >= 0.6 is 23.2 Å². The van der Waals surface area contributed by atoms with Gasteiger partial charge in [-0.2, -0.15) is 0 Å². The number of hydrogen-bond acceptors (Lipinski definition) is 4. The van der Waals surface area contributed by atoms with Crippen LogP contribution in [0.4, 0.5) is 11.4 Å². The lowest BCUT2D eigenvalue weighted by molar-refractivity contribution is 0.0980. The molecule has 0 aliphatic heterocycles. The highest BCUT2D eigenvalue weighted by Gasteiger charge is 2.35. The molecule has 4 nitrogen and oxygen atoms in total. The van der Waals surface area contributed by atoms with Crippen molar-refractivity contribution in [3.05, 3.63) is 56.6 Å². The fourth-order valence-corrected chi connectivity index (χ4v) is 2.90. The molecular weight excluding hydrogens is 299 g/mol. The van der Waals surface area contributed by atoms with Crippen molar-refractivity contribution in [3.8, 4) is 0 Å². The van der Waals surface area contributed by atoms with Gasteiger partial charge in [0, 0.05) is 5.56 Å². The average Bonchev–Trinajstić information content (AvgIpc) is 2.40. The molecule has 2 aromatic carbocycles. The highest BCUT2D eigenvalue weighted by atomic mass is 35.5. The number of rotatable bonds is 0. The number of hydrogen-bond donors (Lipinski definition) is 2. The predicted octanol–water partition coefficient (Wildman–Crippen LogP) is 2.93. The first-order valence-electron chi connectivity index (χ1n) is 5.68. The molecule has 0 radical (unpaired) electrons. The molecule has 2 aromatic rings. The highest BCUT2D eigenvalue weighted by molar-refractivity contribution is 6.43. The van der Waals surface area contributed by atoms with Crippen LogP contribution in [0.5, 0.6) is 0 Å². The van der Waals surface area contributed by atoms with Crippen molar-refractivity contribution in [3.63, 3.8) is 0 Å². The van der Waals surface area contributed by atoms with Crippen LogP contribution in [-0.2, 0) is 0 Å². The van der Waals surface area contributed by atoms with E-state index in [-0.39, 0.29) is 43.7 Å². The Morgan fingerprint density at radius 3 is 2.25 bits per heavy atom. The second-order valence-corrected chi connectivity index (χ2v) is 5.25. The lowest BCUT2D eigenvalue weighted by Crippen LogP contribution is -2.24. The molecule has 0 aromatic heterocycles. The van der Waals surface area contributed by atoms with Gasteiger partial charge in [0.1, 0.15) is 0 Å². The average molecular weight is 307 g/mol. The predicted molar refractivity (Wildman–Crippen MR) is 78.6 cm³/mol. The Balaban J connectivity index is 2.44. The lowest BCUT2D eigenvalue weighted by Gasteiger charge is -2.21. The van der Waals surface area contributed by atoms with Crippen molar-refractivity contribution in [2.45, 2.75) is 0 Å². The van der Waals surface area contributed by atoms with E-state index in [2.05, 4.69) is 0 Å². The topological polar surface area (TPSA) is 86.2 Å². The summed E-state index contributed by atoms with van der Waals surface area (Å²) in [6, 6.07) is 6.04. The number of halogens is 2. The number of benzene rings is 2. The molecule has 1 aliphatic rings. The van der Waals surface area contributed by atoms with Gasteiger partial charge in [-0.3, -0.25) is 9.59 Å². The van der Waals surface area contributed by atoms with E-state index >= 15 is 0 Å². The molecule has 3 rings (SSSR count). The number of fused-ring (bicyclic) bond motifs is 2. The Kier molecular flexibility index (Phi) is 2.74. The van der Waals surface area contributed by atoms with Crippen molar-refractivity contribution >= 4 is 46.1 Å². The van der Waals surface area contributed by atoms with Crippen LogP contribution < -0.4 is 11.5 Å². The molecule has 0 atom stereocenters. The molecule has 0 amide bonds. The van der Waals surface area contributed by atoms with Crippen molar-refractivity contribution < 1.29 is 9.59 Å². The van der Waals surface area contributed by atoms with Gasteiger partial charge in [0.25, 0.3) is 0 Å². The number of nitrogens with two attached hydrogens (primary N) is 2. The zero-order chi connectivity index (χ0) is 14.6. The minimum atomic E-state index is -0.420. The van der Waals surface area contributed by atoms with Gasteiger partial charge in [0.2, 0.25) is 0 Å². The summed E-state index contributed by atoms with van der Waals surface area (Å²) in [7, 11) is 0. The number of anilines is 2. The smallest absolute Gasteiger partial charge is 0.197 e. The normalized spacial score (nSPS) is 13.1. The molecule has 100 valence electrons. The first-order chi connectivity index (χ1) is 9.43. The zero-order valence-corrected chi connectivity index (χ0v) is 11.5. The van der Waals surface area contributed by atoms with Crippen LogP contribution in [0.2, 0.25) is 10.0 Å². The Bertz CT molecular complexity index is 800. The van der Waals surface area contributed by atoms with E-state index in [4.69, 9.17) is 34.7 Å². The molecule has 0 saturated heterocycles. The number of ketones is 2. The van der Waals surface area contributed by atoms with Gasteiger partial charge in [0.15, 0.2) is 11.6 Å². The standard InChI is InChI=1S/C14H8Cl2N2O2/c15-6-3-1-2-5-9(6)14(20)10-7(16)4-8(17)12(18)11(10)13(5)19/h1-4H,17-18H2. The summed E-state index contributed by atoms with van der Waals surface area (Å²) in [5.41, 5.74) is 12.2. The van der Waals surface area contributed by atoms with Gasteiger partial charge in [-0.05, 0) is 12.1 Å². The molecule has 0 fully saturated rings. The number of carbonyl (C=O) groups is 2. The van der Waals surface area contributed by atoms with Crippen LogP contribution in [0, 0.1) is 0 Å². The fraction of sp³-hybridized carbons (Fsp3) is 0. The quantitative estimate of drug-likeness (QED) is 0.625. The van der Waals surface area contributed by atoms with Gasteiger partial charge in [-0.1, -0.05) is 35.3 Å². The summed E-state index contributed by atoms with van der Waals surface area (Å²) in [5, 5.41) is 0.300. The van der Waals surface area contributed by atoms with Crippen LogP contribution in [0.25, 0.3) is 0 Å². The first kappa shape index (κ1) is 13.0. The van der Waals surface area contributed by atoms with E-state index in [0.717, 1.165) is 0 Å². The molecular formula is C14H8Cl2N2O2. The summed E-state index contributed by atoms with van der Waals surface area (Å²) in [4.78, 5) is 25.1. The van der Waals surface area contributed by atoms with E-state index < -0.39 is 11.6 Å². The Morgan fingerprint density at radius 1 is 0.850 bits per heavy atom. The number of nitrogen functional groups attached to an aromatic ring is 2. The highest BCUT2D eigenvalue weighted by Crippen LogP contribution is 2.39. The second-order valence-electron chi connectivity index (χ2n) is 4.43. The van der Waals surface area contributed by atoms with E-state index in [0.29, 0.717) is 0 Å². The van der Waals surface area contributed by atoms with Crippen LogP contribution in [0.3, 0.4) is 0 Å². The third kappa shape index (κ3) is 1.55. The van der Waals surface area contributed by atoms with Gasteiger partial charge in [-0.15, -0.1) is 0 Å². The molecule has 0 bridgehead atoms. The lowest BCUT2D eigenvalue weighted by atomic mass is 9.83. The molecule has 6 heteroatoms. The molecule has 0 unspecified atom stereocenters. The summed E-state index contributed by atoms with van der Waals surface area (Å²) < 4.78 is 0. The minimum absolute atomic E-state index is 0.0507. The Labute approximate surface area is 124 Å². The van der Waals surface area contributed by atoms with Crippen LogP contribution in [-0.4, -0.2) is 11.6 Å². The molecule has 4 N–H and O–H groups in total. The molecule has 20 heavy (non-hydrogen) atoms. The monoisotopic (exact) mass is 306 g/mol. The van der Waals surface area contributed by atoms with Crippen molar-refractivity contribution in [1.29, 1.82) is 0 Å². The van der Waals surface area contributed by atoms with E-state index in [1.54, 1.807) is 12.1 Å². The first-order valence-corrected chi connectivity index (χ1v) is 6.44. The van der Waals surface area contributed by atoms with Crippen LogP contribution in [0.1, 0.15) is 31.8 Å². The van der Waals surface area contributed by atoms with Crippen molar-refractivity contribution in [1.82, 2.24) is 0 Å². The Morgan fingerprint density at radius 2 is 1.55 bits per heavy atom. The molecule has 1 aliphatic carbocycles. The number of carbonyl (C=O) groups excluding carboxylic acids is 2. The minimum Gasteiger partial charge on any atom is -0.397 e. The van der Waals surface area contributed by atoms with Crippen molar-refractivity contribution in [2.75, 3.05) is 11.5 Å². The second kappa shape index (κ2) is 4.23. The Hall–Kier alpha value is -2.04. The van der Waals surface area contributed by atoms with E-state index in [1.807, 2.05) is 0 Å². The maximum atomic E-state index is 12.5. The molecule has 0 saturated carbocycles. The molecule has 0 heterocycles. The molecule has 0 spiro atoms. The summed E-state index contributed by atoms with van der Waals surface area (Å²) >= 11 is 12.1. The summed E-state index contributed by atoms with van der Waals surface area (Å²) in [5.74, 6) is -0.819. The van der Waals surface area contributed by atoms with E-state index in [1.165, 1.54) is 12.1 Å². The SMILES string of the molecule is Nc1cc(Cl)c2c(c1N)C(=O)c1cccc(Cl)c1C2=O. The third-order valence-electron chi connectivity index (χ3n) is 3.29. The maximum absolute atomic E-state index is 12.5. The van der Waals surface area contributed by atoms with Gasteiger partial charge < -0.3 is 11.5 Å². The zero-order valence-electron chi connectivity index (χ0n) is 10.0. The largest absolute Gasteiger partial charge is 0.397 e. The van der Waals surface area contributed by atoms with E-state index in [9.17, 15) is 9.59 Å². The summed E-state index contributed by atoms with van der Waals surface area (Å²) in [6.07, 6.45) is 0. The van der Waals surface area contributed by atoms with Crippen LogP contribution in [0.15, 0.2) is 24.3 Å². The third-order valence-corrected chi connectivity index (χ3v) is 3.90. The van der Waals surface area contributed by atoms with Gasteiger partial charge in [-0.25, -0.2) is 0 Å². The van der Waals surface area contributed by atoms with Crippen molar-refractivity contribution in [2.24, 2.45) is 0 Å². The summed E-state index contributed by atoms with van der Waals surface area (Å²) in [6.45, 7) is 0. The van der Waals surface area contributed by atoms with Gasteiger partial charge in [0.05, 0.1) is 38.1 Å². The maximum Gasteiger partial charge on any atom is 0.197 e. The van der Waals surface area contributed by atoms with Gasteiger partial charge >= 0.3 is 0 Å².